The van der Waals surface area contributed by atoms with E-state index in [9.17, 15) is 20.0 Å². The second-order valence-electron chi connectivity index (χ2n) is 4.72. The average Bonchev–Trinajstić information content (AvgIpc) is 2.47. The van der Waals surface area contributed by atoms with Crippen LogP contribution >= 0.6 is 11.8 Å². The Morgan fingerprint density at radius 2 is 1.74 bits per heavy atom. The van der Waals surface area contributed by atoms with Crippen molar-refractivity contribution in [1.29, 1.82) is 0 Å². The fraction of sp³-hybridized carbons (Fsp3) is 0.133. The largest absolute Gasteiger partial charge is 1.00 e. The predicted octanol–water partition coefficient (Wildman–Crippen LogP) is -0.820. The van der Waals surface area contributed by atoms with Gasteiger partial charge in [0, 0.05) is 47.3 Å². The summed E-state index contributed by atoms with van der Waals surface area (Å²) in [7, 11) is 3.85. The van der Waals surface area contributed by atoms with Gasteiger partial charge >= 0.3 is 51.4 Å². The molecule has 0 spiro atoms. The molecule has 0 radical (unpaired) electrons. The van der Waals surface area contributed by atoms with E-state index in [4.69, 9.17) is 0 Å². The Morgan fingerprint density at radius 3 is 2.22 bits per heavy atom. The third-order valence-electron chi connectivity index (χ3n) is 2.97. The molecule has 0 fully saturated rings. The molecule has 8 heteroatoms. The van der Waals surface area contributed by atoms with Crippen LogP contribution in [0.4, 0.5) is 11.4 Å². The minimum atomic E-state index is -1.43. The first-order chi connectivity index (χ1) is 10.4. The van der Waals surface area contributed by atoms with E-state index in [0.717, 1.165) is 16.6 Å². The number of carbonyl (C=O) groups is 1. The average molecular weight is 356 g/mol. The molecule has 0 aliphatic carbocycles. The topological polar surface area (TPSA) is 86.5 Å². The van der Waals surface area contributed by atoms with Crippen molar-refractivity contribution < 1.29 is 66.2 Å². The van der Waals surface area contributed by atoms with Gasteiger partial charge in [-0.25, -0.2) is 0 Å². The van der Waals surface area contributed by atoms with Crippen LogP contribution in [0.3, 0.4) is 0 Å². The third-order valence-corrected chi connectivity index (χ3v) is 4.06. The molecule has 0 bridgehead atoms. The molecule has 0 heterocycles. The molecule has 0 aliphatic heterocycles. The SMILES string of the molecule is CN(C)c1ccc(Sc2ccc([N+](=O)[O-])cc2C(=O)[O-])cc1.[K+]. The summed E-state index contributed by atoms with van der Waals surface area (Å²) >= 11 is 1.22. The van der Waals surface area contributed by atoms with Crippen LogP contribution in [0.25, 0.3) is 0 Å². The second kappa shape index (κ2) is 8.81. The maximum atomic E-state index is 11.2. The molecule has 0 saturated carbocycles. The zero-order valence-corrected chi connectivity index (χ0v) is 16.9. The molecule has 0 unspecified atom stereocenters. The van der Waals surface area contributed by atoms with E-state index in [1.54, 1.807) is 0 Å². The minimum Gasteiger partial charge on any atom is -0.545 e. The number of hydrogen-bond donors (Lipinski definition) is 0. The van der Waals surface area contributed by atoms with Gasteiger partial charge in [-0.3, -0.25) is 10.1 Å². The Labute approximate surface area is 180 Å². The number of nitro groups is 1. The van der Waals surface area contributed by atoms with Gasteiger partial charge in [-0.05, 0) is 30.3 Å². The van der Waals surface area contributed by atoms with Crippen molar-refractivity contribution in [1.82, 2.24) is 0 Å². The number of carbonyl (C=O) groups excluding carboxylic acids is 1. The standard InChI is InChI=1S/C15H14N2O4S.K/c1-16(2)10-3-6-12(7-4-10)22-14-8-5-11(17(20)21)9-13(14)15(18)19;/h3-9H,1-2H3,(H,18,19);/q;+1/p-1. The van der Waals surface area contributed by atoms with E-state index >= 15 is 0 Å². The maximum absolute atomic E-state index is 11.2. The van der Waals surface area contributed by atoms with Crippen LogP contribution in [-0.4, -0.2) is 25.0 Å². The van der Waals surface area contributed by atoms with E-state index in [-0.39, 0.29) is 62.6 Å². The Kier molecular flexibility index (Phi) is 7.72. The number of hydrogen-bond acceptors (Lipinski definition) is 6. The Morgan fingerprint density at radius 1 is 1.13 bits per heavy atom. The first kappa shape index (κ1) is 20.1. The number of anilines is 1. The molecule has 2 aromatic rings. The molecular formula is C15H13KN2O4S. The Bertz CT molecular complexity index is 720. The van der Waals surface area contributed by atoms with Crippen molar-refractivity contribution in [3.8, 4) is 0 Å². The fourth-order valence-corrected chi connectivity index (χ4v) is 2.73. The zero-order chi connectivity index (χ0) is 16.3. The van der Waals surface area contributed by atoms with Gasteiger partial charge in [0.15, 0.2) is 0 Å². The molecule has 0 N–H and O–H groups in total. The molecular weight excluding hydrogens is 343 g/mol. The van der Waals surface area contributed by atoms with Crippen molar-refractivity contribution in [2.75, 3.05) is 19.0 Å². The van der Waals surface area contributed by atoms with Crippen LogP contribution < -0.4 is 61.4 Å². The third kappa shape index (κ3) is 5.30. The molecule has 23 heavy (non-hydrogen) atoms. The molecule has 6 nitrogen and oxygen atoms in total. The number of aromatic carboxylic acids is 1. The quantitative estimate of drug-likeness (QED) is 0.395. The summed E-state index contributed by atoms with van der Waals surface area (Å²) in [6.45, 7) is 0. The molecule has 0 aromatic heterocycles. The van der Waals surface area contributed by atoms with Gasteiger partial charge in [0.05, 0.1) is 10.9 Å². The summed E-state index contributed by atoms with van der Waals surface area (Å²) < 4.78 is 0. The zero-order valence-electron chi connectivity index (χ0n) is 13.0. The van der Waals surface area contributed by atoms with Crippen LogP contribution in [0.2, 0.25) is 0 Å². The number of non-ortho nitro benzene ring substituents is 1. The summed E-state index contributed by atoms with van der Waals surface area (Å²) in [5.74, 6) is -1.43. The van der Waals surface area contributed by atoms with Crippen molar-refractivity contribution in [2.45, 2.75) is 9.79 Å². The fourth-order valence-electron chi connectivity index (χ4n) is 1.82. The first-order valence-corrected chi connectivity index (χ1v) is 7.15. The summed E-state index contributed by atoms with van der Waals surface area (Å²) in [6, 6.07) is 11.3. The molecule has 2 rings (SSSR count). The predicted molar refractivity (Wildman–Crippen MR) is 82.3 cm³/mol. The van der Waals surface area contributed by atoms with E-state index < -0.39 is 10.9 Å². The first-order valence-electron chi connectivity index (χ1n) is 6.33. The van der Waals surface area contributed by atoms with Crippen molar-refractivity contribution in [3.63, 3.8) is 0 Å². The monoisotopic (exact) mass is 356 g/mol. The van der Waals surface area contributed by atoms with Crippen LogP contribution in [0.5, 0.6) is 0 Å². The maximum Gasteiger partial charge on any atom is 1.00 e. The number of carboxylic acid groups (broad SMARTS) is 1. The Hall–Kier alpha value is -0.904. The number of benzene rings is 2. The minimum absolute atomic E-state index is 0. The summed E-state index contributed by atoms with van der Waals surface area (Å²) in [4.78, 5) is 24.5. The van der Waals surface area contributed by atoms with Crippen LogP contribution in [0.1, 0.15) is 10.4 Å². The van der Waals surface area contributed by atoms with Crippen molar-refractivity contribution in [3.05, 3.63) is 58.1 Å². The van der Waals surface area contributed by atoms with Gasteiger partial charge in [0.1, 0.15) is 0 Å². The molecule has 2 aromatic carbocycles. The van der Waals surface area contributed by atoms with Gasteiger partial charge in [0.2, 0.25) is 0 Å². The smallest absolute Gasteiger partial charge is 0.545 e. The van der Waals surface area contributed by atoms with E-state index in [2.05, 4.69) is 0 Å². The molecule has 0 aliphatic rings. The van der Waals surface area contributed by atoms with Gasteiger partial charge in [-0.15, -0.1) is 0 Å². The van der Waals surface area contributed by atoms with Crippen LogP contribution in [0.15, 0.2) is 52.3 Å². The summed E-state index contributed by atoms with van der Waals surface area (Å²) in [5, 5.41) is 21.9. The van der Waals surface area contributed by atoms with Gasteiger partial charge in [-0.1, -0.05) is 11.8 Å². The van der Waals surface area contributed by atoms with Gasteiger partial charge < -0.3 is 14.8 Å². The number of nitrogens with zero attached hydrogens (tertiary/aromatic N) is 2. The number of nitro benzene ring substituents is 1. The summed E-state index contributed by atoms with van der Waals surface area (Å²) in [6.07, 6.45) is 0. The van der Waals surface area contributed by atoms with Crippen LogP contribution in [-0.2, 0) is 0 Å². The van der Waals surface area contributed by atoms with E-state index in [1.165, 1.54) is 23.9 Å². The molecule has 0 amide bonds. The van der Waals surface area contributed by atoms with Gasteiger partial charge in [0.25, 0.3) is 5.69 Å². The number of carboxylic acids is 1. The number of rotatable bonds is 5. The Balaban J connectivity index is 0.00000264. The van der Waals surface area contributed by atoms with Crippen LogP contribution in [0, 0.1) is 10.1 Å². The van der Waals surface area contributed by atoms with E-state index in [0.29, 0.717) is 4.90 Å². The van der Waals surface area contributed by atoms with Gasteiger partial charge in [-0.2, -0.15) is 0 Å². The van der Waals surface area contributed by atoms with Crippen molar-refractivity contribution in [2.24, 2.45) is 0 Å². The van der Waals surface area contributed by atoms with E-state index in [1.807, 2.05) is 43.3 Å². The summed E-state index contributed by atoms with van der Waals surface area (Å²) in [5.41, 5.74) is 0.565. The second-order valence-corrected chi connectivity index (χ2v) is 5.83. The molecule has 0 atom stereocenters. The molecule has 114 valence electrons. The van der Waals surface area contributed by atoms with Crippen molar-refractivity contribution >= 4 is 29.1 Å². The normalized spacial score (nSPS) is 9.83. The molecule has 0 saturated heterocycles.